The molecule has 3 rings (SSSR count). The number of carbonyl (C=O) groups excluding carboxylic acids is 1. The van der Waals surface area contributed by atoms with Gasteiger partial charge >= 0.3 is 5.97 Å². The van der Waals surface area contributed by atoms with Crippen LogP contribution in [0.2, 0.25) is 0 Å². The van der Waals surface area contributed by atoms with Crippen LogP contribution in [-0.2, 0) is 11.3 Å². The van der Waals surface area contributed by atoms with Crippen molar-refractivity contribution >= 4 is 17.6 Å². The summed E-state index contributed by atoms with van der Waals surface area (Å²) in [6, 6.07) is 11.0. The van der Waals surface area contributed by atoms with E-state index in [1.54, 1.807) is 23.1 Å². The molecule has 7 nitrogen and oxygen atoms in total. The van der Waals surface area contributed by atoms with E-state index in [2.05, 4.69) is 4.90 Å². The number of benzene rings is 2. The van der Waals surface area contributed by atoms with Crippen LogP contribution in [0.3, 0.4) is 0 Å². The van der Waals surface area contributed by atoms with Crippen LogP contribution in [0, 0.1) is 5.82 Å². The molecule has 0 bridgehead atoms. The number of aromatic carboxylic acids is 1. The van der Waals surface area contributed by atoms with Crippen LogP contribution < -0.4 is 10.5 Å². The van der Waals surface area contributed by atoms with Gasteiger partial charge in [-0.2, -0.15) is 0 Å². The summed E-state index contributed by atoms with van der Waals surface area (Å²) < 4.78 is 18.7. The number of rotatable bonds is 6. The molecule has 2 aromatic rings. The molecule has 3 N–H and O–H groups in total. The minimum absolute atomic E-state index is 0.00309. The molecule has 0 aromatic heterocycles. The molecule has 2 atom stereocenters. The molecule has 160 valence electrons. The predicted molar refractivity (Wildman–Crippen MR) is 111 cm³/mol. The third-order valence-corrected chi connectivity index (χ3v) is 5.38. The number of piperazine rings is 1. The second-order valence-electron chi connectivity index (χ2n) is 7.61. The van der Waals surface area contributed by atoms with E-state index < -0.39 is 5.97 Å². The number of nitrogen functional groups attached to an aromatic ring is 1. The Labute approximate surface area is 174 Å². The SMILES string of the molecule is CC1CN(C(=O)COc2cccc(C(=O)O)c2N)C(C)CN1Cc1ccc(F)cc1. The number of halogens is 1. The molecule has 0 spiro atoms. The number of nitrogens with two attached hydrogens (primary N) is 1. The molecule has 1 saturated heterocycles. The Morgan fingerprint density at radius 1 is 1.13 bits per heavy atom. The number of carbonyl (C=O) groups is 2. The third kappa shape index (κ3) is 4.88. The molecule has 0 saturated carbocycles. The number of hydrogen-bond donors (Lipinski definition) is 2. The summed E-state index contributed by atoms with van der Waals surface area (Å²) in [4.78, 5) is 28.0. The fraction of sp³-hybridized carbons (Fsp3) is 0.364. The minimum atomic E-state index is -1.15. The number of hydrogen-bond acceptors (Lipinski definition) is 5. The van der Waals surface area contributed by atoms with Crippen molar-refractivity contribution in [2.24, 2.45) is 0 Å². The number of carboxylic acid groups (broad SMARTS) is 1. The van der Waals surface area contributed by atoms with Crippen molar-refractivity contribution in [3.8, 4) is 5.75 Å². The maximum atomic E-state index is 13.1. The smallest absolute Gasteiger partial charge is 0.337 e. The normalized spacial score (nSPS) is 19.5. The van der Waals surface area contributed by atoms with E-state index in [1.807, 2.05) is 13.8 Å². The molecule has 0 aliphatic carbocycles. The van der Waals surface area contributed by atoms with Gasteiger partial charge in [-0.05, 0) is 43.7 Å². The Bertz CT molecular complexity index is 919. The summed E-state index contributed by atoms with van der Waals surface area (Å²) in [5.74, 6) is -1.41. The second-order valence-corrected chi connectivity index (χ2v) is 7.61. The number of para-hydroxylation sites is 1. The molecular formula is C22H26FN3O4. The zero-order valence-electron chi connectivity index (χ0n) is 17.0. The molecular weight excluding hydrogens is 389 g/mol. The van der Waals surface area contributed by atoms with Crippen LogP contribution in [-0.4, -0.2) is 58.6 Å². The molecule has 1 fully saturated rings. The van der Waals surface area contributed by atoms with E-state index in [4.69, 9.17) is 15.6 Å². The largest absolute Gasteiger partial charge is 0.482 e. The van der Waals surface area contributed by atoms with Crippen LogP contribution in [0.5, 0.6) is 5.75 Å². The van der Waals surface area contributed by atoms with Crippen molar-refractivity contribution in [2.45, 2.75) is 32.5 Å². The van der Waals surface area contributed by atoms with Crippen LogP contribution in [0.4, 0.5) is 10.1 Å². The lowest BCUT2D eigenvalue weighted by molar-refractivity contribution is -0.139. The molecule has 30 heavy (non-hydrogen) atoms. The summed E-state index contributed by atoms with van der Waals surface area (Å²) in [5, 5.41) is 9.15. The third-order valence-electron chi connectivity index (χ3n) is 5.38. The molecule has 8 heteroatoms. The van der Waals surface area contributed by atoms with E-state index in [-0.39, 0.29) is 47.4 Å². The van der Waals surface area contributed by atoms with Crippen molar-refractivity contribution in [1.82, 2.24) is 9.80 Å². The second kappa shape index (κ2) is 9.13. The van der Waals surface area contributed by atoms with Crippen LogP contribution in [0.1, 0.15) is 29.8 Å². The Hall–Kier alpha value is -3.13. The fourth-order valence-electron chi connectivity index (χ4n) is 3.67. The Balaban J connectivity index is 1.59. The van der Waals surface area contributed by atoms with Crippen LogP contribution in [0.15, 0.2) is 42.5 Å². The molecule has 1 amide bonds. The standard InChI is InChI=1S/C22H26FN3O4/c1-14-11-26(15(2)10-25(14)12-16-6-8-17(23)9-7-16)20(27)13-30-19-5-3-4-18(21(19)24)22(28)29/h3-9,14-15H,10-13,24H2,1-2H3,(H,28,29). The monoisotopic (exact) mass is 415 g/mol. The maximum Gasteiger partial charge on any atom is 0.337 e. The predicted octanol–water partition coefficient (Wildman–Crippen LogP) is 2.61. The topological polar surface area (TPSA) is 96.1 Å². The number of ether oxygens (including phenoxy) is 1. The highest BCUT2D eigenvalue weighted by Gasteiger charge is 2.32. The Kier molecular flexibility index (Phi) is 6.56. The highest BCUT2D eigenvalue weighted by Crippen LogP contribution is 2.25. The molecule has 1 heterocycles. The zero-order chi connectivity index (χ0) is 21.8. The van der Waals surface area contributed by atoms with E-state index in [0.29, 0.717) is 19.6 Å². The van der Waals surface area contributed by atoms with Gasteiger partial charge < -0.3 is 20.5 Å². The number of nitrogens with zero attached hydrogens (tertiary/aromatic N) is 2. The van der Waals surface area contributed by atoms with Crippen molar-refractivity contribution in [2.75, 3.05) is 25.4 Å². The summed E-state index contributed by atoms with van der Waals surface area (Å²) in [6.07, 6.45) is 0. The van der Waals surface area contributed by atoms with Gasteiger partial charge in [0.1, 0.15) is 11.6 Å². The lowest BCUT2D eigenvalue weighted by atomic mass is 10.1. The molecule has 1 aliphatic heterocycles. The number of carboxylic acids is 1. The first kappa shape index (κ1) is 21.6. The summed E-state index contributed by atoms with van der Waals surface area (Å²) in [7, 11) is 0. The van der Waals surface area contributed by atoms with E-state index in [0.717, 1.165) is 5.56 Å². The van der Waals surface area contributed by atoms with Gasteiger partial charge in [0.25, 0.3) is 5.91 Å². The highest BCUT2D eigenvalue weighted by molar-refractivity contribution is 5.95. The van der Waals surface area contributed by atoms with E-state index in [1.165, 1.54) is 24.3 Å². The highest BCUT2D eigenvalue weighted by atomic mass is 19.1. The molecule has 1 aliphatic rings. The quantitative estimate of drug-likeness (QED) is 0.704. The lowest BCUT2D eigenvalue weighted by Crippen LogP contribution is -2.58. The average Bonchev–Trinajstić information content (AvgIpc) is 2.71. The average molecular weight is 415 g/mol. The van der Waals surface area contributed by atoms with Gasteiger partial charge in [0.2, 0.25) is 0 Å². The first-order chi connectivity index (χ1) is 14.3. The van der Waals surface area contributed by atoms with Gasteiger partial charge in [-0.15, -0.1) is 0 Å². The van der Waals surface area contributed by atoms with Gasteiger partial charge in [0, 0.05) is 31.7 Å². The summed E-state index contributed by atoms with van der Waals surface area (Å²) >= 11 is 0. The lowest BCUT2D eigenvalue weighted by Gasteiger charge is -2.44. The van der Waals surface area contributed by atoms with Gasteiger partial charge in [0.05, 0.1) is 11.3 Å². The zero-order valence-corrected chi connectivity index (χ0v) is 17.0. The van der Waals surface area contributed by atoms with Crippen molar-refractivity contribution in [3.63, 3.8) is 0 Å². The van der Waals surface area contributed by atoms with Crippen molar-refractivity contribution in [3.05, 3.63) is 59.4 Å². The molecule has 0 radical (unpaired) electrons. The van der Waals surface area contributed by atoms with Gasteiger partial charge in [-0.1, -0.05) is 18.2 Å². The first-order valence-electron chi connectivity index (χ1n) is 9.78. The van der Waals surface area contributed by atoms with Crippen molar-refractivity contribution in [1.29, 1.82) is 0 Å². The summed E-state index contributed by atoms with van der Waals surface area (Å²) in [5.41, 5.74) is 6.80. The van der Waals surface area contributed by atoms with Gasteiger partial charge in [-0.3, -0.25) is 9.69 Å². The summed E-state index contributed by atoms with van der Waals surface area (Å²) in [6.45, 7) is 5.70. The van der Waals surface area contributed by atoms with E-state index in [9.17, 15) is 14.0 Å². The van der Waals surface area contributed by atoms with Gasteiger partial charge in [-0.25, -0.2) is 9.18 Å². The maximum absolute atomic E-state index is 13.1. The van der Waals surface area contributed by atoms with E-state index >= 15 is 0 Å². The fourth-order valence-corrected chi connectivity index (χ4v) is 3.67. The Morgan fingerprint density at radius 3 is 2.50 bits per heavy atom. The van der Waals surface area contributed by atoms with Gasteiger partial charge in [0.15, 0.2) is 6.61 Å². The molecule has 2 unspecified atom stereocenters. The number of amides is 1. The molecule has 2 aromatic carbocycles. The minimum Gasteiger partial charge on any atom is -0.482 e. The van der Waals surface area contributed by atoms with Crippen molar-refractivity contribution < 1.29 is 23.8 Å². The van der Waals surface area contributed by atoms with Crippen LogP contribution in [0.25, 0.3) is 0 Å². The van der Waals surface area contributed by atoms with Crippen LogP contribution >= 0.6 is 0 Å². The number of anilines is 1. The first-order valence-corrected chi connectivity index (χ1v) is 9.78. The Morgan fingerprint density at radius 2 is 1.83 bits per heavy atom.